The van der Waals surface area contributed by atoms with Crippen LogP contribution in [0.3, 0.4) is 0 Å². The Kier molecular flexibility index (Phi) is 12.7. The fraction of sp³-hybridized carbons (Fsp3) is 0.459. The van der Waals surface area contributed by atoms with Crippen LogP contribution in [0.25, 0.3) is 11.1 Å². The molecule has 0 saturated heterocycles. The molecule has 0 spiro atoms. The van der Waals surface area contributed by atoms with Crippen molar-refractivity contribution in [2.45, 2.75) is 78.9 Å². The summed E-state index contributed by atoms with van der Waals surface area (Å²) in [6, 6.07) is 13.6. The number of hydrogen-bond donors (Lipinski definition) is 2. The van der Waals surface area contributed by atoms with Crippen LogP contribution in [0.15, 0.2) is 48.5 Å². The molecule has 1 atom stereocenters. The first-order valence-electron chi connectivity index (χ1n) is 16.4. The Morgan fingerprint density at radius 1 is 1.09 bits per heavy atom. The number of aromatic hydroxyl groups is 1. The van der Waals surface area contributed by atoms with Crippen LogP contribution in [0.5, 0.6) is 23.0 Å². The predicted molar refractivity (Wildman–Crippen MR) is 177 cm³/mol. The summed E-state index contributed by atoms with van der Waals surface area (Å²) in [5.74, 6) is 1.88. The number of aryl methyl sites for hydroxylation is 2. The first kappa shape index (κ1) is 34.6. The van der Waals surface area contributed by atoms with E-state index in [-0.39, 0.29) is 29.6 Å². The summed E-state index contributed by atoms with van der Waals surface area (Å²) in [5, 5.41) is 13.6. The van der Waals surface area contributed by atoms with Crippen molar-refractivity contribution in [3.05, 3.63) is 71.0 Å². The first-order chi connectivity index (χ1) is 22.2. The number of halogens is 1. The maximum Gasteiger partial charge on any atom is 0.222 e. The number of rotatable bonds is 17. The van der Waals surface area contributed by atoms with Crippen molar-refractivity contribution in [1.29, 1.82) is 0 Å². The second kappa shape index (κ2) is 16.9. The highest BCUT2D eigenvalue weighted by atomic mass is 19.1. The van der Waals surface area contributed by atoms with E-state index >= 15 is 0 Å². The number of hydrogen-bond acceptors (Lipinski definition) is 6. The lowest BCUT2D eigenvalue weighted by Crippen LogP contribution is -2.42. The van der Waals surface area contributed by atoms with Crippen LogP contribution >= 0.6 is 0 Å². The van der Waals surface area contributed by atoms with E-state index in [9.17, 15) is 19.1 Å². The molecule has 46 heavy (non-hydrogen) atoms. The van der Waals surface area contributed by atoms with Gasteiger partial charge in [0.05, 0.1) is 13.2 Å². The number of carbonyl (C=O) groups is 2. The van der Waals surface area contributed by atoms with E-state index in [2.05, 4.69) is 12.2 Å². The van der Waals surface area contributed by atoms with E-state index in [1.807, 2.05) is 39.0 Å². The number of amides is 2. The standard InChI is InChI=1S/C37H47FN2O6/c1-5-9-30-33(16-12-28-13-17-35(46-36(28)30)40(24-41)19-7-18-39-37(43)25(3)4)44-20-8-21-45-34-23-32(42)31(22-26(34)6-2)27-10-14-29(38)15-11-27/h10-12,14-16,22-25,35,42H,5-9,13,17-21H2,1-4H3,(H,39,43). The summed E-state index contributed by atoms with van der Waals surface area (Å²) in [6.45, 7) is 9.69. The van der Waals surface area contributed by atoms with Gasteiger partial charge in [0, 0.05) is 49.0 Å². The lowest BCUT2D eigenvalue weighted by molar-refractivity contribution is -0.126. The number of ether oxygens (including phenoxy) is 3. The van der Waals surface area contributed by atoms with Crippen molar-refractivity contribution >= 4 is 12.3 Å². The van der Waals surface area contributed by atoms with Crippen LogP contribution in [0.2, 0.25) is 0 Å². The monoisotopic (exact) mass is 634 g/mol. The zero-order valence-electron chi connectivity index (χ0n) is 27.4. The molecule has 0 aromatic heterocycles. The van der Waals surface area contributed by atoms with Crippen LogP contribution in [0.1, 0.15) is 70.1 Å². The molecular formula is C37H47FN2O6. The topological polar surface area (TPSA) is 97.3 Å². The molecule has 1 heterocycles. The summed E-state index contributed by atoms with van der Waals surface area (Å²) in [5.41, 5.74) is 4.45. The second-order valence-electron chi connectivity index (χ2n) is 11.9. The smallest absolute Gasteiger partial charge is 0.222 e. The molecule has 9 heteroatoms. The van der Waals surface area contributed by atoms with E-state index in [1.54, 1.807) is 23.1 Å². The minimum absolute atomic E-state index is 0.00553. The number of carbonyl (C=O) groups excluding carboxylic acids is 2. The maximum atomic E-state index is 13.4. The molecule has 3 aromatic carbocycles. The van der Waals surface area contributed by atoms with E-state index in [1.165, 1.54) is 12.1 Å². The van der Waals surface area contributed by atoms with E-state index in [0.717, 1.165) is 59.4 Å². The fourth-order valence-electron chi connectivity index (χ4n) is 5.58. The number of fused-ring (bicyclic) bond motifs is 1. The molecule has 3 aromatic rings. The number of nitrogens with one attached hydrogen (secondary N) is 1. The third kappa shape index (κ3) is 8.92. The summed E-state index contributed by atoms with van der Waals surface area (Å²) in [6.07, 6.45) is 5.64. The van der Waals surface area contributed by atoms with Crippen LogP contribution in [0, 0.1) is 11.7 Å². The fourth-order valence-corrected chi connectivity index (χ4v) is 5.58. The highest BCUT2D eigenvalue weighted by Crippen LogP contribution is 2.39. The minimum Gasteiger partial charge on any atom is -0.507 e. The highest BCUT2D eigenvalue weighted by Gasteiger charge is 2.28. The van der Waals surface area contributed by atoms with Gasteiger partial charge in [-0.2, -0.15) is 0 Å². The predicted octanol–water partition coefficient (Wildman–Crippen LogP) is 6.83. The Bertz CT molecular complexity index is 1460. The largest absolute Gasteiger partial charge is 0.507 e. The summed E-state index contributed by atoms with van der Waals surface area (Å²) >= 11 is 0. The van der Waals surface area contributed by atoms with Gasteiger partial charge < -0.3 is 29.5 Å². The molecule has 0 fully saturated rings. The maximum absolute atomic E-state index is 13.4. The molecule has 4 rings (SSSR count). The molecule has 0 aliphatic carbocycles. The molecule has 2 amide bonds. The van der Waals surface area contributed by atoms with E-state index in [4.69, 9.17) is 14.2 Å². The average molecular weight is 635 g/mol. The van der Waals surface area contributed by atoms with Crippen LogP contribution in [-0.4, -0.2) is 54.9 Å². The van der Waals surface area contributed by atoms with Gasteiger partial charge in [0.1, 0.15) is 28.8 Å². The minimum atomic E-state index is -0.372. The van der Waals surface area contributed by atoms with Gasteiger partial charge in [-0.3, -0.25) is 9.59 Å². The molecule has 1 aliphatic rings. The van der Waals surface area contributed by atoms with Crippen molar-refractivity contribution < 1.29 is 33.3 Å². The third-order valence-electron chi connectivity index (χ3n) is 8.15. The number of benzene rings is 3. The SMILES string of the molecule is CCCc1c(OCCCOc2cc(O)c(-c3ccc(F)cc3)cc2CC)ccc2c1OC(N(C=O)CCCNC(=O)C(C)C)CC2. The summed E-state index contributed by atoms with van der Waals surface area (Å²) in [4.78, 5) is 25.5. The van der Waals surface area contributed by atoms with Gasteiger partial charge in [-0.15, -0.1) is 0 Å². The average Bonchev–Trinajstić information content (AvgIpc) is 3.05. The molecule has 2 N–H and O–H groups in total. The molecule has 1 unspecified atom stereocenters. The number of phenols is 1. The van der Waals surface area contributed by atoms with Crippen molar-refractivity contribution in [3.63, 3.8) is 0 Å². The first-order valence-corrected chi connectivity index (χ1v) is 16.4. The lowest BCUT2D eigenvalue weighted by Gasteiger charge is -2.34. The van der Waals surface area contributed by atoms with Gasteiger partial charge in [0.25, 0.3) is 0 Å². The Morgan fingerprint density at radius 2 is 1.83 bits per heavy atom. The number of nitrogens with zero attached hydrogens (tertiary/aromatic N) is 1. The normalized spacial score (nSPS) is 13.9. The second-order valence-corrected chi connectivity index (χ2v) is 11.9. The van der Waals surface area contributed by atoms with Gasteiger partial charge in [-0.25, -0.2) is 4.39 Å². The molecule has 1 aliphatic heterocycles. The molecule has 248 valence electrons. The van der Waals surface area contributed by atoms with Gasteiger partial charge in [-0.05, 0) is 66.6 Å². The van der Waals surface area contributed by atoms with Crippen LogP contribution < -0.4 is 19.5 Å². The molecule has 0 bridgehead atoms. The van der Waals surface area contributed by atoms with Crippen LogP contribution in [0.4, 0.5) is 4.39 Å². The molecule has 0 saturated carbocycles. The van der Waals surface area contributed by atoms with Gasteiger partial charge in [0.15, 0.2) is 6.23 Å². The quantitative estimate of drug-likeness (QED) is 0.125. The molecule has 8 nitrogen and oxygen atoms in total. The third-order valence-corrected chi connectivity index (χ3v) is 8.15. The van der Waals surface area contributed by atoms with Gasteiger partial charge >= 0.3 is 0 Å². The van der Waals surface area contributed by atoms with E-state index in [0.29, 0.717) is 63.3 Å². The lowest BCUT2D eigenvalue weighted by atomic mass is 9.97. The number of phenolic OH excluding ortho intramolecular Hbond substituents is 1. The van der Waals surface area contributed by atoms with Crippen molar-refractivity contribution in [2.24, 2.45) is 5.92 Å². The Labute approximate surface area is 271 Å². The van der Waals surface area contributed by atoms with E-state index < -0.39 is 0 Å². The van der Waals surface area contributed by atoms with Crippen LogP contribution in [-0.2, 0) is 28.9 Å². The van der Waals surface area contributed by atoms with Gasteiger partial charge in [0.2, 0.25) is 12.3 Å². The Balaban J connectivity index is 1.34. The molecular weight excluding hydrogens is 587 g/mol. The van der Waals surface area contributed by atoms with Crippen molar-refractivity contribution in [2.75, 3.05) is 26.3 Å². The summed E-state index contributed by atoms with van der Waals surface area (Å²) < 4.78 is 32.1. The van der Waals surface area contributed by atoms with Gasteiger partial charge in [-0.1, -0.05) is 52.3 Å². The van der Waals surface area contributed by atoms with Crippen molar-refractivity contribution in [1.82, 2.24) is 10.2 Å². The Morgan fingerprint density at radius 3 is 2.50 bits per heavy atom. The molecule has 0 radical (unpaired) electrons. The zero-order chi connectivity index (χ0) is 33.1. The van der Waals surface area contributed by atoms with Crippen molar-refractivity contribution in [3.8, 4) is 34.1 Å². The summed E-state index contributed by atoms with van der Waals surface area (Å²) in [7, 11) is 0. The zero-order valence-corrected chi connectivity index (χ0v) is 27.4. The Hall–Kier alpha value is -4.27. The highest BCUT2D eigenvalue weighted by molar-refractivity contribution is 5.77.